The molecule has 3 nitrogen and oxygen atoms in total. The topological polar surface area (TPSA) is 29.9 Å². The van der Waals surface area contributed by atoms with E-state index in [4.69, 9.17) is 0 Å². The summed E-state index contributed by atoms with van der Waals surface area (Å²) in [7, 11) is 3.96. The van der Waals surface area contributed by atoms with Crippen LogP contribution in [0.25, 0.3) is 0 Å². The first-order valence-corrected chi connectivity index (χ1v) is 4.30. The zero-order chi connectivity index (χ0) is 9.14. The third kappa shape index (κ3) is 1.85. The molecule has 1 atom stereocenters. The molecule has 0 radical (unpaired) electrons. The maximum absolute atomic E-state index is 4.31. The molecule has 0 aliphatic heterocycles. The molecule has 1 aromatic heterocycles. The van der Waals surface area contributed by atoms with Gasteiger partial charge in [-0.05, 0) is 13.0 Å². The summed E-state index contributed by atoms with van der Waals surface area (Å²) in [5, 5.41) is 3.26. The second kappa shape index (κ2) is 3.72. The van der Waals surface area contributed by atoms with Gasteiger partial charge in [0.05, 0.1) is 18.1 Å². The highest BCUT2D eigenvalue weighted by Crippen LogP contribution is 2.18. The highest BCUT2D eigenvalue weighted by molar-refractivity contribution is 5.04. The normalized spacial score (nSPS) is 13.8. The average molecular weight is 167 g/mol. The molecule has 1 N–H and O–H groups in total. The van der Waals surface area contributed by atoms with E-state index in [9.17, 15) is 0 Å². The van der Waals surface area contributed by atoms with Gasteiger partial charge in [0.15, 0.2) is 0 Å². The Balaban J connectivity index is 2.80. The fourth-order valence-corrected chi connectivity index (χ4v) is 1.42. The molecule has 1 rings (SSSR count). The van der Waals surface area contributed by atoms with Gasteiger partial charge in [0.2, 0.25) is 0 Å². The first kappa shape index (κ1) is 9.26. The highest BCUT2D eigenvalue weighted by Gasteiger charge is 2.14. The molecular formula is C9H17N3. The van der Waals surface area contributed by atoms with Gasteiger partial charge in [-0.25, -0.2) is 4.98 Å². The SMILES string of the molecule is CNC(c1cn(C)cn1)C(C)C. The van der Waals surface area contributed by atoms with Crippen LogP contribution in [0.5, 0.6) is 0 Å². The van der Waals surface area contributed by atoms with Crippen molar-refractivity contribution < 1.29 is 0 Å². The van der Waals surface area contributed by atoms with Crippen LogP contribution < -0.4 is 5.32 Å². The molecule has 68 valence electrons. The van der Waals surface area contributed by atoms with Gasteiger partial charge in [0.1, 0.15) is 0 Å². The fourth-order valence-electron chi connectivity index (χ4n) is 1.42. The summed E-state index contributed by atoms with van der Waals surface area (Å²) in [6.07, 6.45) is 3.89. The number of hydrogen-bond acceptors (Lipinski definition) is 2. The van der Waals surface area contributed by atoms with Gasteiger partial charge in [-0.15, -0.1) is 0 Å². The molecule has 0 saturated carbocycles. The molecule has 12 heavy (non-hydrogen) atoms. The predicted octanol–water partition coefficient (Wildman–Crippen LogP) is 1.34. The standard InChI is InChI=1S/C9H17N3/c1-7(2)9(10-3)8-5-12(4)6-11-8/h5-7,9-10H,1-4H3. The number of imidazole rings is 1. The van der Waals surface area contributed by atoms with Crippen molar-refractivity contribution in [3.05, 3.63) is 18.2 Å². The number of aromatic nitrogens is 2. The Bertz CT molecular complexity index is 240. The Morgan fingerprint density at radius 3 is 2.50 bits per heavy atom. The van der Waals surface area contributed by atoms with Gasteiger partial charge in [0.25, 0.3) is 0 Å². The molecule has 0 amide bonds. The van der Waals surface area contributed by atoms with Crippen molar-refractivity contribution >= 4 is 0 Å². The van der Waals surface area contributed by atoms with Crippen LogP contribution in [-0.2, 0) is 7.05 Å². The lowest BCUT2D eigenvalue weighted by Crippen LogP contribution is -2.21. The molecule has 3 heteroatoms. The quantitative estimate of drug-likeness (QED) is 0.736. The maximum atomic E-state index is 4.31. The maximum Gasteiger partial charge on any atom is 0.0947 e. The van der Waals surface area contributed by atoms with Crippen LogP contribution in [0.3, 0.4) is 0 Å². The summed E-state index contributed by atoms with van der Waals surface area (Å²) in [5.41, 5.74) is 1.12. The lowest BCUT2D eigenvalue weighted by Gasteiger charge is -2.17. The van der Waals surface area contributed by atoms with Gasteiger partial charge >= 0.3 is 0 Å². The summed E-state index contributed by atoms with van der Waals surface area (Å²) < 4.78 is 1.97. The lowest BCUT2D eigenvalue weighted by atomic mass is 10.0. The fraction of sp³-hybridized carbons (Fsp3) is 0.667. The molecule has 0 saturated heterocycles. The minimum absolute atomic E-state index is 0.367. The van der Waals surface area contributed by atoms with Crippen LogP contribution in [0.1, 0.15) is 25.6 Å². The van der Waals surface area contributed by atoms with E-state index in [0.717, 1.165) is 5.69 Å². The highest BCUT2D eigenvalue weighted by atomic mass is 15.0. The summed E-state index contributed by atoms with van der Waals surface area (Å²) in [4.78, 5) is 4.31. The van der Waals surface area contributed by atoms with Gasteiger partial charge < -0.3 is 9.88 Å². The van der Waals surface area contributed by atoms with E-state index in [0.29, 0.717) is 12.0 Å². The number of nitrogens with one attached hydrogen (secondary N) is 1. The Kier molecular flexibility index (Phi) is 2.87. The molecule has 0 spiro atoms. The van der Waals surface area contributed by atoms with Crippen LogP contribution in [0, 0.1) is 5.92 Å². The molecule has 0 aliphatic rings. The van der Waals surface area contributed by atoms with Gasteiger partial charge in [-0.3, -0.25) is 0 Å². The van der Waals surface area contributed by atoms with Crippen molar-refractivity contribution in [2.75, 3.05) is 7.05 Å². The van der Waals surface area contributed by atoms with Crippen LogP contribution in [0.15, 0.2) is 12.5 Å². The monoisotopic (exact) mass is 167 g/mol. The van der Waals surface area contributed by atoms with E-state index >= 15 is 0 Å². The smallest absolute Gasteiger partial charge is 0.0947 e. The van der Waals surface area contributed by atoms with Crippen molar-refractivity contribution in [1.29, 1.82) is 0 Å². The number of rotatable bonds is 3. The van der Waals surface area contributed by atoms with Crippen molar-refractivity contribution in [3.63, 3.8) is 0 Å². The van der Waals surface area contributed by atoms with Crippen LogP contribution in [0.4, 0.5) is 0 Å². The second-order valence-corrected chi connectivity index (χ2v) is 3.47. The summed E-state index contributed by atoms with van der Waals surface area (Å²) in [6, 6.07) is 0.367. The minimum Gasteiger partial charge on any atom is -0.340 e. The minimum atomic E-state index is 0.367. The van der Waals surface area contributed by atoms with Crippen molar-refractivity contribution in [1.82, 2.24) is 14.9 Å². The molecule has 0 aromatic carbocycles. The molecule has 0 fully saturated rings. The summed E-state index contributed by atoms with van der Waals surface area (Å²) in [5.74, 6) is 0.574. The summed E-state index contributed by atoms with van der Waals surface area (Å²) in [6.45, 7) is 4.38. The molecule has 0 aliphatic carbocycles. The third-order valence-corrected chi connectivity index (χ3v) is 2.02. The number of nitrogens with zero attached hydrogens (tertiary/aromatic N) is 2. The van der Waals surface area contributed by atoms with E-state index in [1.54, 1.807) is 0 Å². The van der Waals surface area contributed by atoms with Crippen LogP contribution in [0.2, 0.25) is 0 Å². The summed E-state index contributed by atoms with van der Waals surface area (Å²) >= 11 is 0. The van der Waals surface area contributed by atoms with Gasteiger partial charge in [0, 0.05) is 13.2 Å². The predicted molar refractivity (Wildman–Crippen MR) is 49.8 cm³/mol. The molecule has 1 heterocycles. The Hall–Kier alpha value is -0.830. The lowest BCUT2D eigenvalue weighted by molar-refractivity contribution is 0.434. The zero-order valence-corrected chi connectivity index (χ0v) is 8.20. The molecular weight excluding hydrogens is 150 g/mol. The van der Waals surface area contributed by atoms with E-state index < -0.39 is 0 Å². The first-order valence-electron chi connectivity index (χ1n) is 4.30. The second-order valence-electron chi connectivity index (χ2n) is 3.47. The molecule has 1 unspecified atom stereocenters. The van der Waals surface area contributed by atoms with E-state index in [1.807, 2.05) is 25.0 Å². The van der Waals surface area contributed by atoms with E-state index in [1.165, 1.54) is 0 Å². The average Bonchev–Trinajstić information content (AvgIpc) is 2.37. The number of aryl methyl sites for hydroxylation is 1. The molecule has 0 bridgehead atoms. The number of hydrogen-bond donors (Lipinski definition) is 1. The van der Waals surface area contributed by atoms with E-state index in [-0.39, 0.29) is 0 Å². The largest absolute Gasteiger partial charge is 0.340 e. The Morgan fingerprint density at radius 2 is 2.17 bits per heavy atom. The Morgan fingerprint density at radius 1 is 1.50 bits per heavy atom. The van der Waals surface area contributed by atoms with Crippen molar-refractivity contribution in [3.8, 4) is 0 Å². The third-order valence-electron chi connectivity index (χ3n) is 2.02. The van der Waals surface area contributed by atoms with Crippen LogP contribution >= 0.6 is 0 Å². The first-order chi connectivity index (χ1) is 5.65. The van der Waals surface area contributed by atoms with Gasteiger partial charge in [-0.1, -0.05) is 13.8 Å². The Labute approximate surface area is 73.8 Å². The van der Waals surface area contributed by atoms with Crippen LogP contribution in [-0.4, -0.2) is 16.6 Å². The zero-order valence-electron chi connectivity index (χ0n) is 8.20. The van der Waals surface area contributed by atoms with Crippen molar-refractivity contribution in [2.45, 2.75) is 19.9 Å². The van der Waals surface area contributed by atoms with E-state index in [2.05, 4.69) is 30.3 Å². The molecule has 1 aromatic rings. The van der Waals surface area contributed by atoms with Gasteiger partial charge in [-0.2, -0.15) is 0 Å². The van der Waals surface area contributed by atoms with Crippen molar-refractivity contribution in [2.24, 2.45) is 13.0 Å².